The summed E-state index contributed by atoms with van der Waals surface area (Å²) in [7, 11) is 4.24. The molecule has 0 radical (unpaired) electrons. The van der Waals surface area contributed by atoms with Crippen molar-refractivity contribution in [2.24, 2.45) is 5.73 Å². The Morgan fingerprint density at radius 2 is 1.89 bits per heavy atom. The van der Waals surface area contributed by atoms with Crippen LogP contribution in [-0.4, -0.2) is 89.2 Å². The van der Waals surface area contributed by atoms with Crippen molar-refractivity contribution < 1.29 is 38.0 Å². The number of benzene rings is 1. The number of nitrogens with one attached hydrogen (secondary N) is 1. The Morgan fingerprint density at radius 3 is 2.49 bits per heavy atom. The van der Waals surface area contributed by atoms with Gasteiger partial charge in [-0.15, -0.1) is 10.2 Å². The molecule has 3 N–H and O–H groups in total. The van der Waals surface area contributed by atoms with Gasteiger partial charge < -0.3 is 49.3 Å². The number of hydrogen-bond donors (Lipinski definition) is 2. The Morgan fingerprint density at radius 1 is 1.17 bits per heavy atom. The molecule has 0 spiro atoms. The number of aromatic nitrogens is 3. The van der Waals surface area contributed by atoms with Gasteiger partial charge in [0.05, 0.1) is 20.6 Å². The molecule has 4 rings (SSSR count). The molecular formula is C22H29Cl2IN8O2. The van der Waals surface area contributed by atoms with Gasteiger partial charge in [-0.3, -0.25) is 9.59 Å². The normalized spacial score (nSPS) is 19.3. The first-order valence-corrected chi connectivity index (χ1v) is 12.0. The summed E-state index contributed by atoms with van der Waals surface area (Å²) < 4.78 is 0.743. The second kappa shape index (κ2) is 11.4. The van der Waals surface area contributed by atoms with Crippen molar-refractivity contribution in [1.82, 2.24) is 20.1 Å². The summed E-state index contributed by atoms with van der Waals surface area (Å²) in [6.07, 6.45) is 2.01. The summed E-state index contributed by atoms with van der Waals surface area (Å²) >= 11 is 12.2. The van der Waals surface area contributed by atoms with Crippen molar-refractivity contribution in [3.05, 3.63) is 39.5 Å². The molecule has 2 saturated heterocycles. The van der Waals surface area contributed by atoms with Crippen molar-refractivity contribution in [3.8, 4) is 0 Å². The molecule has 3 heterocycles. The molecule has 0 saturated carbocycles. The molecule has 1 aromatic heterocycles. The Balaban J connectivity index is 0.00000342. The highest BCUT2D eigenvalue weighted by molar-refractivity contribution is 6.35. The van der Waals surface area contributed by atoms with E-state index in [1.807, 2.05) is 9.80 Å². The number of anilines is 2. The van der Waals surface area contributed by atoms with E-state index in [2.05, 4.69) is 34.6 Å². The molecule has 2 fully saturated rings. The fraction of sp³-hybridized carbons (Fsp3) is 0.500. The Labute approximate surface area is 231 Å². The molecule has 190 valence electrons. The zero-order valence-corrected chi connectivity index (χ0v) is 23.3. The zero-order chi connectivity index (χ0) is 24.5. The molecule has 10 nitrogen and oxygen atoms in total. The topological polar surface area (TPSA) is 117 Å². The van der Waals surface area contributed by atoms with Gasteiger partial charge in [-0.1, -0.05) is 29.3 Å². The second-order valence-corrected chi connectivity index (χ2v) is 10.1. The Bertz CT molecular complexity index is 1100. The van der Waals surface area contributed by atoms with Gasteiger partial charge in [0.1, 0.15) is 0 Å². The van der Waals surface area contributed by atoms with Crippen molar-refractivity contribution in [3.63, 3.8) is 0 Å². The summed E-state index contributed by atoms with van der Waals surface area (Å²) in [5.41, 5.74) is 6.20. The maximum Gasteiger partial charge on any atom is 0.281 e. The van der Waals surface area contributed by atoms with Crippen LogP contribution in [0.4, 0.5) is 11.8 Å². The molecule has 35 heavy (non-hydrogen) atoms. The highest BCUT2D eigenvalue weighted by Crippen LogP contribution is 2.25. The van der Waals surface area contributed by atoms with Gasteiger partial charge in [-0.25, -0.2) is 0 Å². The van der Waals surface area contributed by atoms with E-state index in [4.69, 9.17) is 28.9 Å². The Hall–Kier alpha value is -1.96. The van der Waals surface area contributed by atoms with E-state index in [1.54, 1.807) is 18.2 Å². The van der Waals surface area contributed by atoms with Crippen LogP contribution in [0, 0.1) is 0 Å². The minimum Gasteiger partial charge on any atom is -1.00 e. The number of likely N-dealkylation sites (N-methyl/N-ethyl adjacent to an activating group) is 1. The lowest BCUT2D eigenvalue weighted by molar-refractivity contribution is -0.893. The standard InChI is InChI=1S/C22H28Cl2N8O2.HI/c1-32(2)11-3-4-17(32)21(34)30-7-9-31(10-8-30)22-27-20(18(19(25)33)28-29-22)26-13-14-5-6-15(23)12-16(14)24;/h5-6,12,17H,3-4,7-11,13H2,1-2H3,(H2-,25,26,27,29,33);1H. The predicted molar refractivity (Wildman–Crippen MR) is 131 cm³/mol. The summed E-state index contributed by atoms with van der Waals surface area (Å²) in [5, 5.41) is 12.2. The first-order valence-electron chi connectivity index (χ1n) is 11.2. The van der Waals surface area contributed by atoms with Crippen LogP contribution in [0.2, 0.25) is 10.0 Å². The maximum atomic E-state index is 13.1. The zero-order valence-electron chi connectivity index (χ0n) is 19.7. The van der Waals surface area contributed by atoms with E-state index in [9.17, 15) is 9.59 Å². The summed E-state index contributed by atoms with van der Waals surface area (Å²) in [5.74, 6) is 0.0854. The number of carbonyl (C=O) groups excluding carboxylic acids is 2. The van der Waals surface area contributed by atoms with E-state index >= 15 is 0 Å². The van der Waals surface area contributed by atoms with Gasteiger partial charge in [-0.05, 0) is 17.7 Å². The van der Waals surface area contributed by atoms with Gasteiger partial charge in [0.2, 0.25) is 5.95 Å². The molecule has 13 heteroatoms. The van der Waals surface area contributed by atoms with Crippen LogP contribution < -0.4 is 39.9 Å². The molecule has 0 aliphatic carbocycles. The summed E-state index contributed by atoms with van der Waals surface area (Å²) in [4.78, 5) is 33.3. The summed E-state index contributed by atoms with van der Waals surface area (Å²) in [6.45, 7) is 3.64. The number of primary amides is 1. The lowest BCUT2D eigenvalue weighted by Crippen LogP contribution is -3.00. The first kappa shape index (κ1) is 27.6. The fourth-order valence-corrected chi connectivity index (χ4v) is 5.02. The number of hydrogen-bond acceptors (Lipinski definition) is 7. The van der Waals surface area contributed by atoms with Crippen LogP contribution in [0.1, 0.15) is 28.9 Å². The third-order valence-electron chi connectivity index (χ3n) is 6.59. The number of piperazine rings is 1. The van der Waals surface area contributed by atoms with Gasteiger partial charge in [0.15, 0.2) is 17.6 Å². The van der Waals surface area contributed by atoms with Crippen LogP contribution >= 0.6 is 23.2 Å². The smallest absolute Gasteiger partial charge is 0.281 e. The minimum absolute atomic E-state index is 0. The molecule has 2 aliphatic heterocycles. The van der Waals surface area contributed by atoms with Crippen LogP contribution in [0.3, 0.4) is 0 Å². The van der Waals surface area contributed by atoms with Gasteiger partial charge in [-0.2, -0.15) is 4.98 Å². The molecule has 1 atom stereocenters. The molecule has 1 unspecified atom stereocenters. The summed E-state index contributed by atoms with van der Waals surface area (Å²) in [6, 6.07) is 5.19. The number of nitrogens with two attached hydrogens (primary N) is 1. The highest BCUT2D eigenvalue weighted by atomic mass is 127. The fourth-order valence-electron chi connectivity index (χ4n) is 4.54. The Kier molecular flexibility index (Phi) is 9.00. The number of carbonyl (C=O) groups is 2. The minimum atomic E-state index is -0.732. The van der Waals surface area contributed by atoms with Gasteiger partial charge in [0, 0.05) is 55.6 Å². The number of quaternary nitrogens is 1. The quantitative estimate of drug-likeness (QED) is 0.302. The average molecular weight is 635 g/mol. The number of likely N-dealkylation sites (tertiary alicyclic amines) is 1. The molecule has 2 aliphatic rings. The van der Waals surface area contributed by atoms with Crippen molar-refractivity contribution in [2.45, 2.75) is 25.4 Å². The number of amides is 2. The predicted octanol–water partition coefficient (Wildman–Crippen LogP) is -1.22. The van der Waals surface area contributed by atoms with Crippen molar-refractivity contribution in [1.29, 1.82) is 0 Å². The van der Waals surface area contributed by atoms with E-state index in [0.29, 0.717) is 48.7 Å². The lowest BCUT2D eigenvalue weighted by atomic mass is 10.1. The average Bonchev–Trinajstić information content (AvgIpc) is 3.16. The highest BCUT2D eigenvalue weighted by Gasteiger charge is 2.42. The molecule has 0 bridgehead atoms. The van der Waals surface area contributed by atoms with E-state index in [0.717, 1.165) is 29.4 Å². The third kappa shape index (κ3) is 6.25. The van der Waals surface area contributed by atoms with Crippen LogP contribution in [0.25, 0.3) is 0 Å². The SMILES string of the molecule is C[N+]1(C)CCCC1C(=O)N1CCN(c2nnc(C(N)=O)c(NCc3ccc(Cl)cc3Cl)n2)CC1.[I-]. The molecule has 2 aromatic rings. The number of nitrogens with zero attached hydrogens (tertiary/aromatic N) is 6. The van der Waals surface area contributed by atoms with Gasteiger partial charge >= 0.3 is 0 Å². The first-order chi connectivity index (χ1) is 16.2. The van der Waals surface area contributed by atoms with Crippen LogP contribution in [0.15, 0.2) is 18.2 Å². The largest absolute Gasteiger partial charge is 1.00 e. The number of rotatable bonds is 6. The van der Waals surface area contributed by atoms with Crippen LogP contribution in [0.5, 0.6) is 0 Å². The third-order valence-corrected chi connectivity index (χ3v) is 7.17. The molecule has 1 aromatic carbocycles. The van der Waals surface area contributed by atoms with E-state index in [1.165, 1.54) is 0 Å². The van der Waals surface area contributed by atoms with E-state index in [-0.39, 0.29) is 47.4 Å². The number of halogens is 3. The van der Waals surface area contributed by atoms with Gasteiger partial charge in [0.25, 0.3) is 11.8 Å². The van der Waals surface area contributed by atoms with Crippen molar-refractivity contribution in [2.75, 3.05) is 57.0 Å². The van der Waals surface area contributed by atoms with Crippen LogP contribution in [-0.2, 0) is 11.3 Å². The molecular weight excluding hydrogens is 606 g/mol. The van der Waals surface area contributed by atoms with E-state index < -0.39 is 5.91 Å². The maximum absolute atomic E-state index is 13.1. The van der Waals surface area contributed by atoms with Crippen molar-refractivity contribution >= 4 is 46.8 Å². The second-order valence-electron chi connectivity index (χ2n) is 9.24. The molecule has 2 amide bonds. The monoisotopic (exact) mass is 634 g/mol. The lowest BCUT2D eigenvalue weighted by Gasteiger charge is -2.38.